The lowest BCUT2D eigenvalue weighted by Crippen LogP contribution is -2.42. The Labute approximate surface area is 146 Å². The molecule has 24 heavy (non-hydrogen) atoms. The molecular weight excluding hydrogens is 302 g/mol. The third-order valence-corrected chi connectivity index (χ3v) is 4.54. The number of aromatic nitrogens is 1. The molecular formula is C19H31N3O2. The summed E-state index contributed by atoms with van der Waals surface area (Å²) in [6.07, 6.45) is 4.80. The number of anilines is 1. The van der Waals surface area contributed by atoms with E-state index in [9.17, 15) is 4.79 Å². The van der Waals surface area contributed by atoms with E-state index in [0.29, 0.717) is 11.9 Å². The molecule has 2 atom stereocenters. The maximum atomic E-state index is 12.6. The number of likely N-dealkylation sites (tertiary alicyclic amines) is 1. The molecule has 0 aliphatic carbocycles. The van der Waals surface area contributed by atoms with Crippen LogP contribution >= 0.6 is 0 Å². The van der Waals surface area contributed by atoms with Gasteiger partial charge >= 0.3 is 6.09 Å². The van der Waals surface area contributed by atoms with Crippen molar-refractivity contribution in [2.75, 3.05) is 18.5 Å². The number of hydrogen-bond acceptors (Lipinski definition) is 4. The van der Waals surface area contributed by atoms with Crippen molar-refractivity contribution in [2.45, 2.75) is 71.6 Å². The van der Waals surface area contributed by atoms with E-state index in [1.54, 1.807) is 4.90 Å². The molecule has 134 valence electrons. The molecule has 1 aromatic rings. The molecule has 1 aliphatic rings. The molecule has 5 heteroatoms. The van der Waals surface area contributed by atoms with Crippen molar-refractivity contribution in [1.82, 2.24) is 9.88 Å². The molecule has 2 heterocycles. The van der Waals surface area contributed by atoms with Crippen LogP contribution < -0.4 is 4.90 Å². The molecule has 0 saturated carbocycles. The maximum absolute atomic E-state index is 12.6. The van der Waals surface area contributed by atoms with E-state index in [0.717, 1.165) is 13.0 Å². The first-order valence-electron chi connectivity index (χ1n) is 8.91. The van der Waals surface area contributed by atoms with Crippen molar-refractivity contribution in [3.63, 3.8) is 0 Å². The Morgan fingerprint density at radius 2 is 2.17 bits per heavy atom. The van der Waals surface area contributed by atoms with Crippen molar-refractivity contribution in [3.8, 4) is 0 Å². The van der Waals surface area contributed by atoms with Crippen molar-refractivity contribution >= 4 is 11.9 Å². The third-order valence-electron chi connectivity index (χ3n) is 4.54. The van der Waals surface area contributed by atoms with Crippen LogP contribution in [-0.2, 0) is 4.74 Å². The molecule has 0 N–H and O–H groups in total. The fourth-order valence-corrected chi connectivity index (χ4v) is 3.06. The number of ether oxygens (including phenoxy) is 1. The van der Waals surface area contributed by atoms with Crippen LogP contribution in [0.2, 0.25) is 0 Å². The van der Waals surface area contributed by atoms with E-state index in [1.165, 1.54) is 18.4 Å². The Hall–Kier alpha value is -1.62. The summed E-state index contributed by atoms with van der Waals surface area (Å²) in [5.74, 6) is 0.656. The van der Waals surface area contributed by atoms with E-state index in [1.807, 2.05) is 40.0 Å². The van der Waals surface area contributed by atoms with Crippen LogP contribution in [-0.4, -0.2) is 41.2 Å². The lowest BCUT2D eigenvalue weighted by Gasteiger charge is -2.30. The predicted octanol–water partition coefficient (Wildman–Crippen LogP) is 4.39. The van der Waals surface area contributed by atoms with Gasteiger partial charge in [0.1, 0.15) is 11.4 Å². The number of carbonyl (C=O) groups is 1. The quantitative estimate of drug-likeness (QED) is 0.820. The summed E-state index contributed by atoms with van der Waals surface area (Å²) < 4.78 is 5.56. The highest BCUT2D eigenvalue weighted by Gasteiger charge is 2.28. The van der Waals surface area contributed by atoms with Gasteiger partial charge in [-0.15, -0.1) is 0 Å². The Morgan fingerprint density at radius 1 is 1.46 bits per heavy atom. The van der Waals surface area contributed by atoms with Crippen LogP contribution in [0.3, 0.4) is 0 Å². The third kappa shape index (κ3) is 4.47. The molecule has 1 aliphatic heterocycles. The molecule has 0 bridgehead atoms. The standard InChI is InChI=1S/C19H31N3O2/c1-7-14(2)22(18(23)24-19(3,4)5)17-11-10-15(13-20-17)16-9-8-12-21(16)6/h10-11,13-14,16H,7-9,12H2,1-6H3/t14-,16-/m1/s1. The van der Waals surface area contributed by atoms with E-state index < -0.39 is 5.60 Å². The summed E-state index contributed by atoms with van der Waals surface area (Å²) in [6, 6.07) is 4.50. The zero-order valence-corrected chi connectivity index (χ0v) is 15.9. The number of pyridine rings is 1. The number of rotatable bonds is 4. The van der Waals surface area contributed by atoms with E-state index >= 15 is 0 Å². The van der Waals surface area contributed by atoms with Gasteiger partial charge in [-0.2, -0.15) is 0 Å². The minimum absolute atomic E-state index is 0.0346. The normalized spacial score (nSPS) is 20.0. The summed E-state index contributed by atoms with van der Waals surface area (Å²) in [4.78, 5) is 21.2. The predicted molar refractivity (Wildman–Crippen MR) is 97.3 cm³/mol. The zero-order valence-electron chi connectivity index (χ0n) is 15.9. The minimum Gasteiger partial charge on any atom is -0.443 e. The minimum atomic E-state index is -0.519. The highest BCUT2D eigenvalue weighted by atomic mass is 16.6. The lowest BCUT2D eigenvalue weighted by molar-refractivity contribution is 0.0566. The summed E-state index contributed by atoms with van der Waals surface area (Å²) in [5.41, 5.74) is 0.696. The fourth-order valence-electron chi connectivity index (χ4n) is 3.06. The topological polar surface area (TPSA) is 45.7 Å². The first-order chi connectivity index (χ1) is 11.2. The van der Waals surface area contributed by atoms with E-state index in [-0.39, 0.29) is 12.1 Å². The second-order valence-electron chi connectivity index (χ2n) is 7.70. The second kappa shape index (κ2) is 7.51. The van der Waals surface area contributed by atoms with Gasteiger partial charge in [-0.05, 0) is 72.2 Å². The lowest BCUT2D eigenvalue weighted by atomic mass is 10.1. The van der Waals surface area contributed by atoms with Crippen molar-refractivity contribution < 1.29 is 9.53 Å². The molecule has 0 spiro atoms. The van der Waals surface area contributed by atoms with Gasteiger partial charge in [0.2, 0.25) is 0 Å². The van der Waals surface area contributed by atoms with Gasteiger partial charge < -0.3 is 4.74 Å². The summed E-state index contributed by atoms with van der Waals surface area (Å²) in [6.45, 7) is 10.8. The molecule has 1 aromatic heterocycles. The maximum Gasteiger partial charge on any atom is 0.416 e. The summed E-state index contributed by atoms with van der Waals surface area (Å²) >= 11 is 0. The first kappa shape index (κ1) is 18.7. The van der Waals surface area contributed by atoms with Gasteiger partial charge in [0.05, 0.1) is 0 Å². The van der Waals surface area contributed by atoms with Crippen LogP contribution in [0.15, 0.2) is 18.3 Å². The highest BCUT2D eigenvalue weighted by Crippen LogP contribution is 2.31. The van der Waals surface area contributed by atoms with Crippen LogP contribution in [0.25, 0.3) is 0 Å². The van der Waals surface area contributed by atoms with Crippen molar-refractivity contribution in [1.29, 1.82) is 0 Å². The van der Waals surface area contributed by atoms with Crippen LogP contribution in [0.4, 0.5) is 10.6 Å². The monoisotopic (exact) mass is 333 g/mol. The van der Waals surface area contributed by atoms with Crippen LogP contribution in [0.5, 0.6) is 0 Å². The summed E-state index contributed by atoms with van der Waals surface area (Å²) in [7, 11) is 2.15. The Balaban J connectivity index is 2.22. The van der Waals surface area contributed by atoms with Gasteiger partial charge in [0.25, 0.3) is 0 Å². The molecule has 1 fully saturated rings. The molecule has 5 nitrogen and oxygen atoms in total. The SMILES string of the molecule is CC[C@@H](C)N(C(=O)OC(C)(C)C)c1ccc([C@H]2CCCN2C)cn1. The molecule has 0 unspecified atom stereocenters. The van der Waals surface area contributed by atoms with Crippen molar-refractivity contribution in [2.24, 2.45) is 0 Å². The van der Waals surface area contributed by atoms with E-state index in [2.05, 4.69) is 29.9 Å². The summed E-state index contributed by atoms with van der Waals surface area (Å²) in [5, 5.41) is 0. The molecule has 0 aromatic carbocycles. The molecule has 1 amide bonds. The molecule has 1 saturated heterocycles. The Morgan fingerprint density at radius 3 is 2.62 bits per heavy atom. The van der Waals surface area contributed by atoms with Gasteiger partial charge in [-0.1, -0.05) is 13.0 Å². The zero-order chi connectivity index (χ0) is 17.9. The van der Waals surface area contributed by atoms with Gasteiger partial charge in [-0.3, -0.25) is 9.80 Å². The van der Waals surface area contributed by atoms with Gasteiger partial charge in [-0.25, -0.2) is 9.78 Å². The van der Waals surface area contributed by atoms with Gasteiger partial charge in [0, 0.05) is 18.3 Å². The largest absolute Gasteiger partial charge is 0.443 e. The first-order valence-corrected chi connectivity index (χ1v) is 8.91. The second-order valence-corrected chi connectivity index (χ2v) is 7.70. The van der Waals surface area contributed by atoms with E-state index in [4.69, 9.17) is 4.74 Å². The molecule has 0 radical (unpaired) electrons. The number of hydrogen-bond donors (Lipinski definition) is 0. The highest BCUT2D eigenvalue weighted by molar-refractivity contribution is 5.87. The average molecular weight is 333 g/mol. The number of nitrogens with zero attached hydrogens (tertiary/aromatic N) is 3. The fraction of sp³-hybridized carbons (Fsp3) is 0.684. The molecule has 2 rings (SSSR count). The average Bonchev–Trinajstić information content (AvgIpc) is 2.92. The number of carbonyl (C=O) groups excluding carboxylic acids is 1. The smallest absolute Gasteiger partial charge is 0.416 e. The Bertz CT molecular complexity index is 551. The van der Waals surface area contributed by atoms with Crippen LogP contribution in [0.1, 0.15) is 65.5 Å². The van der Waals surface area contributed by atoms with Crippen LogP contribution in [0, 0.1) is 0 Å². The number of amides is 1. The van der Waals surface area contributed by atoms with Crippen molar-refractivity contribution in [3.05, 3.63) is 23.9 Å². The Kier molecular flexibility index (Phi) is 5.86. The van der Waals surface area contributed by atoms with Gasteiger partial charge in [0.15, 0.2) is 0 Å².